The summed E-state index contributed by atoms with van der Waals surface area (Å²) in [6, 6.07) is 3.51. The molecule has 8 heteroatoms. The predicted octanol–water partition coefficient (Wildman–Crippen LogP) is 2.67. The van der Waals surface area contributed by atoms with Crippen molar-refractivity contribution in [3.05, 3.63) is 35.4 Å². The van der Waals surface area contributed by atoms with Crippen LogP contribution in [0.2, 0.25) is 0 Å². The Morgan fingerprint density at radius 1 is 1.26 bits per heavy atom. The molecule has 0 aliphatic carbocycles. The normalized spacial score (nSPS) is 18.1. The zero-order valence-corrected chi connectivity index (χ0v) is 12.1. The molecular formula is C15H16F5NO2. The molecule has 1 aliphatic rings. The number of halogens is 5. The van der Waals surface area contributed by atoms with Gasteiger partial charge in [0, 0.05) is 18.7 Å². The van der Waals surface area contributed by atoms with Crippen LogP contribution in [0.4, 0.5) is 22.0 Å². The van der Waals surface area contributed by atoms with Crippen LogP contribution in [0.15, 0.2) is 18.2 Å². The van der Waals surface area contributed by atoms with Crippen molar-refractivity contribution in [3.63, 3.8) is 0 Å². The van der Waals surface area contributed by atoms with E-state index < -0.39 is 35.7 Å². The van der Waals surface area contributed by atoms with E-state index in [0.717, 1.165) is 6.07 Å². The van der Waals surface area contributed by atoms with Crippen molar-refractivity contribution in [1.82, 2.24) is 4.90 Å². The second-order valence-corrected chi connectivity index (χ2v) is 5.59. The molecule has 3 nitrogen and oxygen atoms in total. The molecule has 0 aromatic heterocycles. The maximum absolute atomic E-state index is 13.5. The van der Waals surface area contributed by atoms with Crippen LogP contribution in [-0.4, -0.2) is 41.3 Å². The molecule has 2 rings (SSSR count). The summed E-state index contributed by atoms with van der Waals surface area (Å²) in [4.78, 5) is 13.4. The lowest BCUT2D eigenvalue weighted by Crippen LogP contribution is -2.45. The third-order valence-electron chi connectivity index (χ3n) is 4.05. The van der Waals surface area contributed by atoms with Crippen molar-refractivity contribution in [1.29, 1.82) is 0 Å². The lowest BCUT2D eigenvalue weighted by atomic mass is 9.90. The zero-order valence-electron chi connectivity index (χ0n) is 12.1. The van der Waals surface area contributed by atoms with Crippen LogP contribution in [0, 0.1) is 17.6 Å². The fourth-order valence-electron chi connectivity index (χ4n) is 2.69. The summed E-state index contributed by atoms with van der Waals surface area (Å²) in [5.74, 6) is -3.58. The number of hydrogen-bond acceptors (Lipinski definition) is 2. The molecule has 1 N–H and O–H groups in total. The van der Waals surface area contributed by atoms with Gasteiger partial charge in [-0.3, -0.25) is 4.79 Å². The van der Waals surface area contributed by atoms with Gasteiger partial charge in [0.15, 0.2) is 17.7 Å². The Balaban J connectivity index is 1.92. The Morgan fingerprint density at radius 3 is 2.43 bits per heavy atom. The van der Waals surface area contributed by atoms with Gasteiger partial charge in [-0.25, -0.2) is 8.78 Å². The predicted molar refractivity (Wildman–Crippen MR) is 71.4 cm³/mol. The number of aliphatic hydroxyl groups excluding tert-OH is 1. The monoisotopic (exact) mass is 337 g/mol. The van der Waals surface area contributed by atoms with Gasteiger partial charge in [-0.1, -0.05) is 12.1 Å². The van der Waals surface area contributed by atoms with Crippen LogP contribution in [-0.2, 0) is 11.2 Å². The summed E-state index contributed by atoms with van der Waals surface area (Å²) in [5, 5.41) is 9.22. The summed E-state index contributed by atoms with van der Waals surface area (Å²) in [7, 11) is 0. The third kappa shape index (κ3) is 4.19. The fourth-order valence-corrected chi connectivity index (χ4v) is 2.69. The van der Waals surface area contributed by atoms with Gasteiger partial charge >= 0.3 is 6.18 Å². The number of carbonyl (C=O) groups is 1. The van der Waals surface area contributed by atoms with Crippen molar-refractivity contribution in [3.8, 4) is 0 Å². The molecule has 1 aromatic carbocycles. The Bertz CT molecular complexity index is 567. The van der Waals surface area contributed by atoms with E-state index in [4.69, 9.17) is 0 Å². The number of hydrogen-bond donors (Lipinski definition) is 1. The van der Waals surface area contributed by atoms with Crippen molar-refractivity contribution in [2.45, 2.75) is 31.5 Å². The van der Waals surface area contributed by atoms with Gasteiger partial charge < -0.3 is 10.0 Å². The molecule has 0 radical (unpaired) electrons. The Kier molecular flexibility index (Phi) is 5.23. The molecule has 128 valence electrons. The molecule has 1 heterocycles. The van der Waals surface area contributed by atoms with Crippen LogP contribution in [0.3, 0.4) is 0 Å². The number of aliphatic hydroxyl groups is 1. The molecule has 1 unspecified atom stereocenters. The topological polar surface area (TPSA) is 40.5 Å². The number of piperidine rings is 1. The van der Waals surface area contributed by atoms with Gasteiger partial charge in [-0.2, -0.15) is 13.2 Å². The van der Waals surface area contributed by atoms with E-state index in [1.54, 1.807) is 0 Å². The first-order valence-electron chi connectivity index (χ1n) is 7.15. The third-order valence-corrected chi connectivity index (χ3v) is 4.05. The molecule has 1 aromatic rings. The number of carbonyl (C=O) groups excluding carboxylic acids is 1. The summed E-state index contributed by atoms with van der Waals surface area (Å²) < 4.78 is 64.0. The van der Waals surface area contributed by atoms with E-state index in [-0.39, 0.29) is 37.9 Å². The number of amides is 1. The molecule has 1 amide bonds. The summed E-state index contributed by atoms with van der Waals surface area (Å²) in [6.45, 7) is 0.0984. The molecule has 0 bridgehead atoms. The average Bonchev–Trinajstić information content (AvgIpc) is 2.50. The van der Waals surface area contributed by atoms with Crippen LogP contribution >= 0.6 is 0 Å². The molecular weight excluding hydrogens is 321 g/mol. The minimum Gasteiger partial charge on any atom is -0.383 e. The first-order chi connectivity index (χ1) is 10.7. The molecule has 0 spiro atoms. The van der Waals surface area contributed by atoms with E-state index in [9.17, 15) is 31.9 Å². The number of likely N-dealkylation sites (tertiary alicyclic amines) is 1. The summed E-state index contributed by atoms with van der Waals surface area (Å²) >= 11 is 0. The van der Waals surface area contributed by atoms with Crippen LogP contribution < -0.4 is 0 Å². The van der Waals surface area contributed by atoms with E-state index in [0.29, 0.717) is 0 Å². The van der Waals surface area contributed by atoms with Crippen molar-refractivity contribution < 1.29 is 31.9 Å². The van der Waals surface area contributed by atoms with Gasteiger partial charge in [-0.15, -0.1) is 0 Å². The highest BCUT2D eigenvalue weighted by Gasteiger charge is 2.44. The lowest BCUT2D eigenvalue weighted by Gasteiger charge is -2.34. The lowest BCUT2D eigenvalue weighted by molar-refractivity contribution is -0.222. The Labute approximate surface area is 129 Å². The van der Waals surface area contributed by atoms with Crippen LogP contribution in [0.5, 0.6) is 0 Å². The quantitative estimate of drug-likeness (QED) is 0.862. The minimum absolute atomic E-state index is 0.0120. The number of alkyl halides is 3. The average molecular weight is 337 g/mol. The van der Waals surface area contributed by atoms with Gasteiger partial charge in [0.25, 0.3) is 0 Å². The first-order valence-corrected chi connectivity index (χ1v) is 7.15. The molecule has 0 saturated carbocycles. The van der Waals surface area contributed by atoms with Crippen molar-refractivity contribution >= 4 is 5.91 Å². The van der Waals surface area contributed by atoms with Crippen molar-refractivity contribution in [2.75, 3.05) is 13.1 Å². The molecule has 1 atom stereocenters. The number of rotatable bonds is 3. The summed E-state index contributed by atoms with van der Waals surface area (Å²) in [5.41, 5.74) is -0.0903. The van der Waals surface area contributed by atoms with E-state index >= 15 is 0 Å². The maximum atomic E-state index is 13.5. The van der Waals surface area contributed by atoms with E-state index in [1.807, 2.05) is 0 Å². The van der Waals surface area contributed by atoms with E-state index in [1.165, 1.54) is 17.0 Å². The molecule has 1 aliphatic heterocycles. The highest BCUT2D eigenvalue weighted by molar-refractivity contribution is 5.78. The Morgan fingerprint density at radius 2 is 1.87 bits per heavy atom. The molecule has 1 saturated heterocycles. The van der Waals surface area contributed by atoms with E-state index in [2.05, 4.69) is 0 Å². The first kappa shape index (κ1) is 17.7. The van der Waals surface area contributed by atoms with Gasteiger partial charge in [-0.05, 0) is 24.8 Å². The second kappa shape index (κ2) is 6.82. The highest BCUT2D eigenvalue weighted by Crippen LogP contribution is 2.31. The molecule has 1 fully saturated rings. The highest BCUT2D eigenvalue weighted by atomic mass is 19.4. The summed E-state index contributed by atoms with van der Waals surface area (Å²) in [6.07, 6.45) is -7.41. The zero-order chi connectivity index (χ0) is 17.2. The Hall–Kier alpha value is -1.70. The minimum atomic E-state index is -4.68. The second-order valence-electron chi connectivity index (χ2n) is 5.59. The van der Waals surface area contributed by atoms with Crippen LogP contribution in [0.1, 0.15) is 18.4 Å². The van der Waals surface area contributed by atoms with Crippen LogP contribution in [0.25, 0.3) is 0 Å². The van der Waals surface area contributed by atoms with Gasteiger partial charge in [0.1, 0.15) is 0 Å². The van der Waals surface area contributed by atoms with Gasteiger partial charge in [0.2, 0.25) is 5.91 Å². The van der Waals surface area contributed by atoms with Crippen molar-refractivity contribution in [2.24, 2.45) is 5.92 Å². The number of benzene rings is 1. The maximum Gasteiger partial charge on any atom is 0.414 e. The SMILES string of the molecule is O=C(Cc1cccc(F)c1F)N1CCC(C(O)C(F)(F)F)CC1. The smallest absolute Gasteiger partial charge is 0.383 e. The largest absolute Gasteiger partial charge is 0.414 e. The molecule has 23 heavy (non-hydrogen) atoms. The fraction of sp³-hybridized carbons (Fsp3) is 0.533. The standard InChI is InChI=1S/C15H16F5NO2/c16-11-3-1-2-10(13(11)17)8-12(22)21-6-4-9(5-7-21)14(23)15(18,19)20/h1-3,9,14,23H,4-8H2. The number of nitrogens with zero attached hydrogens (tertiary/aromatic N) is 1. The van der Waals surface area contributed by atoms with Gasteiger partial charge in [0.05, 0.1) is 6.42 Å².